The molecule has 1 aromatic rings. The Morgan fingerprint density at radius 3 is 2.81 bits per heavy atom. The fourth-order valence-electron chi connectivity index (χ4n) is 1.12. The first kappa shape index (κ1) is 12.4. The molecule has 6 nitrogen and oxygen atoms in total. The number of anilines is 1. The Hall–Kier alpha value is -1.63. The van der Waals surface area contributed by atoms with Crippen molar-refractivity contribution in [2.24, 2.45) is 0 Å². The third-order valence-electron chi connectivity index (χ3n) is 1.94. The van der Waals surface area contributed by atoms with E-state index in [0.717, 1.165) is 11.9 Å². The van der Waals surface area contributed by atoms with Gasteiger partial charge in [-0.25, -0.2) is 4.98 Å². The highest BCUT2D eigenvalue weighted by molar-refractivity contribution is 9.10. The lowest BCUT2D eigenvalue weighted by molar-refractivity contribution is -0.403. The Balaban J connectivity index is 2.95. The summed E-state index contributed by atoms with van der Waals surface area (Å²) in [5, 5.41) is 13.1. The summed E-state index contributed by atoms with van der Waals surface area (Å²) in [4.78, 5) is 15.6. The van der Waals surface area contributed by atoms with E-state index in [1.807, 2.05) is 6.07 Å². The summed E-state index contributed by atoms with van der Waals surface area (Å²) >= 11 is 3.22. The second kappa shape index (κ2) is 5.45. The zero-order chi connectivity index (χ0) is 12.1. The summed E-state index contributed by atoms with van der Waals surface area (Å²) in [5.41, 5.74) is 0.755. The van der Waals surface area contributed by atoms with Crippen LogP contribution in [0.15, 0.2) is 35.0 Å². The van der Waals surface area contributed by atoms with Crippen LogP contribution in [0.1, 0.15) is 0 Å². The first-order valence-electron chi connectivity index (χ1n) is 4.43. The van der Waals surface area contributed by atoms with Crippen molar-refractivity contribution in [2.45, 2.75) is 0 Å². The van der Waals surface area contributed by atoms with Crippen LogP contribution in [0.3, 0.4) is 0 Å². The lowest BCUT2D eigenvalue weighted by Gasteiger charge is -2.19. The van der Waals surface area contributed by atoms with E-state index in [1.54, 1.807) is 31.3 Å². The van der Waals surface area contributed by atoms with Crippen molar-refractivity contribution in [2.75, 3.05) is 19.0 Å². The van der Waals surface area contributed by atoms with Gasteiger partial charge in [-0.05, 0) is 28.1 Å². The van der Waals surface area contributed by atoms with Crippen LogP contribution in [-0.2, 0) is 0 Å². The number of hydrogen-bond donors (Lipinski definition) is 1. The first-order valence-corrected chi connectivity index (χ1v) is 5.22. The zero-order valence-electron chi connectivity index (χ0n) is 8.85. The van der Waals surface area contributed by atoms with Gasteiger partial charge in [0.2, 0.25) is 0 Å². The van der Waals surface area contributed by atoms with Crippen LogP contribution in [0.25, 0.3) is 0 Å². The molecule has 16 heavy (non-hydrogen) atoms. The second-order valence-corrected chi connectivity index (χ2v) is 3.76. The predicted molar refractivity (Wildman–Crippen MR) is 64.5 cm³/mol. The van der Waals surface area contributed by atoms with Crippen molar-refractivity contribution in [3.63, 3.8) is 0 Å². The molecule has 0 amide bonds. The van der Waals surface area contributed by atoms with Crippen molar-refractivity contribution < 1.29 is 4.92 Å². The monoisotopic (exact) mass is 286 g/mol. The van der Waals surface area contributed by atoms with Crippen LogP contribution >= 0.6 is 15.9 Å². The van der Waals surface area contributed by atoms with E-state index >= 15 is 0 Å². The second-order valence-electron chi connectivity index (χ2n) is 2.95. The molecule has 7 heteroatoms. The number of aromatic nitrogens is 1. The standard InChI is InChI=1S/C9H11BrN4O2/c1-11-9(6-14(15)16)13(2)7-3-4-8(10)12-5-7/h3-6,11H,1-2H3/b9-6+. The molecule has 0 aliphatic heterocycles. The Bertz CT molecular complexity index is 404. The molecule has 0 aliphatic rings. The summed E-state index contributed by atoms with van der Waals surface area (Å²) in [7, 11) is 3.34. The highest BCUT2D eigenvalue weighted by atomic mass is 79.9. The number of rotatable bonds is 4. The molecule has 86 valence electrons. The smallest absolute Gasteiger partial charge is 0.274 e. The molecule has 1 N–H and O–H groups in total. The molecular weight excluding hydrogens is 276 g/mol. The van der Waals surface area contributed by atoms with Gasteiger partial charge in [0.05, 0.1) is 16.8 Å². The summed E-state index contributed by atoms with van der Waals surface area (Å²) in [6.45, 7) is 0. The Morgan fingerprint density at radius 2 is 2.38 bits per heavy atom. The number of halogens is 1. The molecular formula is C9H11BrN4O2. The van der Waals surface area contributed by atoms with Crippen LogP contribution in [0, 0.1) is 10.1 Å². The molecule has 0 atom stereocenters. The van der Waals surface area contributed by atoms with E-state index < -0.39 is 4.92 Å². The van der Waals surface area contributed by atoms with E-state index in [1.165, 1.54) is 0 Å². The van der Waals surface area contributed by atoms with E-state index in [0.29, 0.717) is 10.4 Å². The Labute approximate surface area is 101 Å². The number of nitro groups is 1. The minimum absolute atomic E-state index is 0.383. The summed E-state index contributed by atoms with van der Waals surface area (Å²) < 4.78 is 0.717. The van der Waals surface area contributed by atoms with Crippen molar-refractivity contribution in [3.05, 3.63) is 45.1 Å². The fourth-order valence-corrected chi connectivity index (χ4v) is 1.36. The van der Waals surface area contributed by atoms with Gasteiger partial charge < -0.3 is 10.2 Å². The van der Waals surface area contributed by atoms with E-state index in [4.69, 9.17) is 0 Å². The fraction of sp³-hybridized carbons (Fsp3) is 0.222. The molecule has 0 unspecified atom stereocenters. The maximum Gasteiger partial charge on any atom is 0.274 e. The van der Waals surface area contributed by atoms with E-state index in [9.17, 15) is 10.1 Å². The highest BCUT2D eigenvalue weighted by Crippen LogP contribution is 2.16. The highest BCUT2D eigenvalue weighted by Gasteiger charge is 2.09. The van der Waals surface area contributed by atoms with Gasteiger partial charge in [0, 0.05) is 14.1 Å². The minimum Gasteiger partial charge on any atom is -0.369 e. The number of nitrogens with one attached hydrogen (secondary N) is 1. The third kappa shape index (κ3) is 3.20. The molecule has 0 saturated heterocycles. The van der Waals surface area contributed by atoms with Crippen LogP contribution in [0.5, 0.6) is 0 Å². The van der Waals surface area contributed by atoms with Crippen LogP contribution in [0.2, 0.25) is 0 Å². The number of nitrogens with zero attached hydrogens (tertiary/aromatic N) is 3. The van der Waals surface area contributed by atoms with Crippen LogP contribution < -0.4 is 10.2 Å². The maximum atomic E-state index is 10.4. The molecule has 0 radical (unpaired) electrons. The van der Waals surface area contributed by atoms with Gasteiger partial charge in [0.15, 0.2) is 5.82 Å². The molecule has 0 spiro atoms. The quantitative estimate of drug-likeness (QED) is 0.517. The molecule has 1 heterocycles. The van der Waals surface area contributed by atoms with Gasteiger partial charge in [-0.3, -0.25) is 10.1 Å². The Kier molecular flexibility index (Phi) is 4.24. The average molecular weight is 287 g/mol. The predicted octanol–water partition coefficient (Wildman–Crippen LogP) is 1.58. The van der Waals surface area contributed by atoms with Gasteiger partial charge in [-0.15, -0.1) is 0 Å². The summed E-state index contributed by atoms with van der Waals surface area (Å²) in [5.74, 6) is 0.383. The van der Waals surface area contributed by atoms with E-state index in [2.05, 4.69) is 26.2 Å². The van der Waals surface area contributed by atoms with Gasteiger partial charge in [0.25, 0.3) is 6.20 Å². The van der Waals surface area contributed by atoms with Crippen molar-refractivity contribution in [1.29, 1.82) is 0 Å². The topological polar surface area (TPSA) is 71.3 Å². The van der Waals surface area contributed by atoms with Gasteiger partial charge >= 0.3 is 0 Å². The first-order chi connectivity index (χ1) is 7.54. The largest absolute Gasteiger partial charge is 0.369 e. The normalized spacial score (nSPS) is 11.1. The van der Waals surface area contributed by atoms with E-state index in [-0.39, 0.29) is 0 Å². The Morgan fingerprint density at radius 1 is 1.69 bits per heavy atom. The lowest BCUT2D eigenvalue weighted by atomic mass is 10.4. The van der Waals surface area contributed by atoms with Gasteiger partial charge in [-0.1, -0.05) is 0 Å². The van der Waals surface area contributed by atoms with Crippen molar-refractivity contribution in [1.82, 2.24) is 10.3 Å². The molecule has 0 aromatic carbocycles. The average Bonchev–Trinajstić information content (AvgIpc) is 2.25. The molecule has 1 aromatic heterocycles. The van der Waals surface area contributed by atoms with Gasteiger partial charge in [-0.2, -0.15) is 0 Å². The summed E-state index contributed by atoms with van der Waals surface area (Å²) in [6.07, 6.45) is 2.53. The SMILES string of the molecule is CN/C(=C\[N+](=O)[O-])N(C)c1ccc(Br)nc1. The third-order valence-corrected chi connectivity index (χ3v) is 2.41. The molecule has 0 bridgehead atoms. The van der Waals surface area contributed by atoms with Crippen molar-refractivity contribution >= 4 is 21.6 Å². The zero-order valence-corrected chi connectivity index (χ0v) is 10.4. The van der Waals surface area contributed by atoms with Crippen molar-refractivity contribution in [3.8, 4) is 0 Å². The molecule has 0 fully saturated rings. The summed E-state index contributed by atoms with van der Waals surface area (Å²) in [6, 6.07) is 3.58. The number of pyridine rings is 1. The molecule has 0 aliphatic carbocycles. The lowest BCUT2D eigenvalue weighted by Crippen LogP contribution is -2.26. The molecule has 0 saturated carbocycles. The van der Waals surface area contributed by atoms with Crippen LogP contribution in [-0.4, -0.2) is 24.0 Å². The maximum absolute atomic E-state index is 10.4. The van der Waals surface area contributed by atoms with Crippen LogP contribution in [0.4, 0.5) is 5.69 Å². The number of hydrogen-bond acceptors (Lipinski definition) is 5. The minimum atomic E-state index is -0.505. The molecule has 1 rings (SSSR count). The van der Waals surface area contributed by atoms with Gasteiger partial charge in [0.1, 0.15) is 4.60 Å².